The van der Waals surface area contributed by atoms with E-state index in [-0.39, 0.29) is 11.4 Å². The largest absolute Gasteiger partial charge is 0.492 e. The van der Waals surface area contributed by atoms with Crippen LogP contribution >= 0.6 is 0 Å². The molecule has 1 aliphatic carbocycles. The van der Waals surface area contributed by atoms with E-state index in [2.05, 4.69) is 10.0 Å². The highest BCUT2D eigenvalue weighted by atomic mass is 32.2. The summed E-state index contributed by atoms with van der Waals surface area (Å²) in [7, 11) is -1.95. The van der Waals surface area contributed by atoms with Gasteiger partial charge in [-0.3, -0.25) is 0 Å². The third kappa shape index (κ3) is 5.62. The van der Waals surface area contributed by atoms with E-state index in [1.807, 2.05) is 0 Å². The Bertz CT molecular complexity index is 526. The van der Waals surface area contributed by atoms with E-state index in [4.69, 9.17) is 9.47 Å². The van der Waals surface area contributed by atoms with E-state index >= 15 is 0 Å². The van der Waals surface area contributed by atoms with Gasteiger partial charge in [0.15, 0.2) is 0 Å². The Kier molecular flexibility index (Phi) is 5.98. The Balaban J connectivity index is 1.79. The molecule has 0 atom stereocenters. The Morgan fingerprint density at radius 2 is 1.86 bits per heavy atom. The first-order valence-electron chi connectivity index (χ1n) is 7.06. The van der Waals surface area contributed by atoms with Crippen molar-refractivity contribution in [3.63, 3.8) is 0 Å². The number of sulfonamides is 1. The van der Waals surface area contributed by atoms with Crippen LogP contribution in [0.25, 0.3) is 0 Å². The van der Waals surface area contributed by atoms with Gasteiger partial charge in [0.25, 0.3) is 0 Å². The third-order valence-corrected chi connectivity index (χ3v) is 4.59. The van der Waals surface area contributed by atoms with Gasteiger partial charge in [0, 0.05) is 26.2 Å². The first-order valence-corrected chi connectivity index (χ1v) is 8.55. The maximum Gasteiger partial charge on any atom is 0.240 e. The molecule has 0 bridgehead atoms. The lowest BCUT2D eigenvalue weighted by atomic mass is 10.3. The normalized spacial score (nSPS) is 15.1. The van der Waals surface area contributed by atoms with Crippen LogP contribution in [0.3, 0.4) is 0 Å². The fourth-order valence-corrected chi connectivity index (χ4v) is 2.81. The molecule has 1 aromatic carbocycles. The molecule has 0 radical (unpaired) electrons. The maximum atomic E-state index is 11.9. The van der Waals surface area contributed by atoms with Crippen molar-refractivity contribution in [2.75, 3.05) is 33.4 Å². The number of rotatable bonds is 10. The number of ether oxygens (including phenoxy) is 2. The van der Waals surface area contributed by atoms with Crippen LogP contribution in [-0.2, 0) is 14.8 Å². The fraction of sp³-hybridized carbons (Fsp3) is 0.571. The van der Waals surface area contributed by atoms with Crippen LogP contribution in [0.2, 0.25) is 0 Å². The van der Waals surface area contributed by atoms with Crippen molar-refractivity contribution in [3.8, 4) is 5.75 Å². The number of hydrogen-bond acceptors (Lipinski definition) is 5. The summed E-state index contributed by atoms with van der Waals surface area (Å²) in [6, 6.07) is 7.08. The van der Waals surface area contributed by atoms with Gasteiger partial charge >= 0.3 is 0 Å². The van der Waals surface area contributed by atoms with Crippen molar-refractivity contribution in [3.05, 3.63) is 24.3 Å². The molecule has 0 aliphatic heterocycles. The molecule has 2 rings (SSSR count). The van der Waals surface area contributed by atoms with Gasteiger partial charge in [-0.1, -0.05) is 0 Å². The first kappa shape index (κ1) is 16.2. The summed E-state index contributed by atoms with van der Waals surface area (Å²) in [6.07, 6.45) is 2.51. The molecule has 21 heavy (non-hydrogen) atoms. The predicted molar refractivity (Wildman–Crippen MR) is 80.0 cm³/mol. The average molecular weight is 314 g/mol. The lowest BCUT2D eigenvalue weighted by Gasteiger charge is -2.09. The zero-order valence-electron chi connectivity index (χ0n) is 12.2. The molecule has 0 spiro atoms. The second-order valence-corrected chi connectivity index (χ2v) is 6.71. The van der Waals surface area contributed by atoms with Crippen LogP contribution < -0.4 is 14.8 Å². The molecule has 1 aromatic rings. The molecule has 0 amide bonds. The highest BCUT2D eigenvalue weighted by molar-refractivity contribution is 7.89. The number of benzene rings is 1. The van der Waals surface area contributed by atoms with Gasteiger partial charge in [0.2, 0.25) is 10.0 Å². The minimum absolute atomic E-state index is 0.224. The molecule has 1 saturated carbocycles. The quantitative estimate of drug-likeness (QED) is 0.623. The van der Waals surface area contributed by atoms with Crippen LogP contribution in [0.1, 0.15) is 12.8 Å². The highest BCUT2D eigenvalue weighted by Gasteiger charge is 2.19. The van der Waals surface area contributed by atoms with Crippen molar-refractivity contribution in [1.29, 1.82) is 0 Å². The lowest BCUT2D eigenvalue weighted by Crippen LogP contribution is -2.27. The van der Waals surface area contributed by atoms with E-state index < -0.39 is 10.0 Å². The molecule has 0 heterocycles. The van der Waals surface area contributed by atoms with E-state index in [0.717, 1.165) is 6.54 Å². The lowest BCUT2D eigenvalue weighted by molar-refractivity contribution is 0.204. The van der Waals surface area contributed by atoms with E-state index in [1.165, 1.54) is 20.0 Å². The minimum atomic E-state index is -3.48. The van der Waals surface area contributed by atoms with Crippen LogP contribution in [-0.4, -0.2) is 47.9 Å². The number of methoxy groups -OCH3 is 1. The maximum absolute atomic E-state index is 11.9. The monoisotopic (exact) mass is 314 g/mol. The second kappa shape index (κ2) is 7.74. The first-order chi connectivity index (χ1) is 10.1. The molecule has 1 aliphatic rings. The molecule has 2 N–H and O–H groups in total. The van der Waals surface area contributed by atoms with Gasteiger partial charge < -0.3 is 14.8 Å². The second-order valence-electron chi connectivity index (χ2n) is 4.94. The molecule has 118 valence electrons. The molecule has 0 unspecified atom stereocenters. The van der Waals surface area contributed by atoms with Gasteiger partial charge in [-0.05, 0) is 37.1 Å². The topological polar surface area (TPSA) is 76.7 Å². The Hall–Kier alpha value is -1.15. The van der Waals surface area contributed by atoms with Crippen LogP contribution in [0, 0.1) is 0 Å². The van der Waals surface area contributed by atoms with Gasteiger partial charge in [-0.15, -0.1) is 0 Å². The van der Waals surface area contributed by atoms with Gasteiger partial charge in [0.05, 0.1) is 11.5 Å². The molecule has 0 saturated heterocycles. The number of hydrogen-bond donors (Lipinski definition) is 2. The summed E-state index contributed by atoms with van der Waals surface area (Å²) in [6.45, 7) is 1.98. The zero-order chi connectivity index (χ0) is 15.1. The van der Waals surface area contributed by atoms with Crippen molar-refractivity contribution in [2.24, 2.45) is 0 Å². The van der Waals surface area contributed by atoms with Gasteiger partial charge in [-0.25, -0.2) is 13.1 Å². The molecule has 0 aromatic heterocycles. The summed E-state index contributed by atoms with van der Waals surface area (Å²) < 4.78 is 36.7. The summed E-state index contributed by atoms with van der Waals surface area (Å²) in [5.41, 5.74) is 0. The van der Waals surface area contributed by atoms with E-state index in [0.29, 0.717) is 25.0 Å². The van der Waals surface area contributed by atoms with E-state index in [9.17, 15) is 8.42 Å². The van der Waals surface area contributed by atoms with Crippen LogP contribution in [0.15, 0.2) is 29.2 Å². The molecular formula is C14H22N2O4S. The number of nitrogens with one attached hydrogen (secondary N) is 2. The third-order valence-electron chi connectivity index (χ3n) is 3.11. The van der Waals surface area contributed by atoms with Crippen LogP contribution in [0.5, 0.6) is 5.75 Å². The Labute approximate surface area is 125 Å². The van der Waals surface area contributed by atoms with E-state index in [1.54, 1.807) is 24.3 Å². The highest BCUT2D eigenvalue weighted by Crippen LogP contribution is 2.18. The molecule has 7 heteroatoms. The summed E-state index contributed by atoms with van der Waals surface area (Å²) in [5.74, 6) is 0.670. The van der Waals surface area contributed by atoms with Crippen molar-refractivity contribution in [2.45, 2.75) is 23.8 Å². The molecule has 1 fully saturated rings. The summed E-state index contributed by atoms with van der Waals surface area (Å²) in [4.78, 5) is 0.224. The summed E-state index contributed by atoms with van der Waals surface area (Å²) >= 11 is 0. The molecule has 6 nitrogen and oxygen atoms in total. The zero-order valence-corrected chi connectivity index (χ0v) is 13.0. The smallest absolute Gasteiger partial charge is 0.240 e. The Morgan fingerprint density at radius 1 is 1.14 bits per heavy atom. The standard InChI is InChI=1S/C14H22N2O4S/c1-19-10-9-16-21(17,18)14-6-4-13(5-7-14)20-11-8-15-12-2-3-12/h4-7,12,15-16H,2-3,8-11H2,1H3. The van der Waals surface area contributed by atoms with Gasteiger partial charge in [-0.2, -0.15) is 0 Å². The minimum Gasteiger partial charge on any atom is -0.492 e. The SMILES string of the molecule is COCCNS(=O)(=O)c1ccc(OCCNC2CC2)cc1. The average Bonchev–Trinajstić information content (AvgIpc) is 3.28. The summed E-state index contributed by atoms with van der Waals surface area (Å²) in [5, 5.41) is 3.35. The molecular weight excluding hydrogens is 292 g/mol. The fourth-order valence-electron chi connectivity index (χ4n) is 1.80. The predicted octanol–water partition coefficient (Wildman–Crippen LogP) is 0.742. The van der Waals surface area contributed by atoms with Crippen molar-refractivity contribution < 1.29 is 17.9 Å². The van der Waals surface area contributed by atoms with Gasteiger partial charge in [0.1, 0.15) is 12.4 Å². The van der Waals surface area contributed by atoms with Crippen molar-refractivity contribution >= 4 is 10.0 Å². The van der Waals surface area contributed by atoms with Crippen LogP contribution in [0.4, 0.5) is 0 Å². The Morgan fingerprint density at radius 3 is 2.48 bits per heavy atom. The van der Waals surface area contributed by atoms with Crippen molar-refractivity contribution in [1.82, 2.24) is 10.0 Å².